The number of ether oxygens (including phenoxy) is 1. The summed E-state index contributed by atoms with van der Waals surface area (Å²) in [7, 11) is 0. The molecule has 0 amide bonds. The lowest BCUT2D eigenvalue weighted by Crippen LogP contribution is -2.06. The molecule has 1 rings (SSSR count). The highest BCUT2D eigenvalue weighted by Gasteiger charge is 2.16. The molecule has 64 valence electrons. The maximum atomic E-state index is 9.91. The van der Waals surface area contributed by atoms with Crippen LogP contribution < -0.4 is 0 Å². The molecule has 0 aliphatic carbocycles. The Labute approximate surface area is 65.4 Å². The van der Waals surface area contributed by atoms with E-state index in [1.165, 1.54) is 0 Å². The van der Waals surface area contributed by atoms with E-state index in [9.17, 15) is 4.79 Å². The molecule has 1 atom stereocenters. The molecule has 0 aromatic carbocycles. The fraction of sp³-hybridized carbons (Fsp3) is 0.857. The largest absolute Gasteiger partial charge is 0.320 e. The Morgan fingerprint density at radius 2 is 2.36 bits per heavy atom. The van der Waals surface area contributed by atoms with Gasteiger partial charge in [0.2, 0.25) is 0 Å². The minimum Gasteiger partial charge on any atom is -0.320 e. The van der Waals surface area contributed by atoms with Gasteiger partial charge in [-0.25, -0.2) is 9.78 Å². The monoisotopic (exact) mass is 160 g/mol. The van der Waals surface area contributed by atoms with E-state index >= 15 is 0 Å². The Morgan fingerprint density at radius 1 is 1.45 bits per heavy atom. The highest BCUT2D eigenvalue weighted by molar-refractivity contribution is 5.48. The number of unbranched alkanes of at least 4 members (excludes halogenated alkanes) is 2. The summed E-state index contributed by atoms with van der Waals surface area (Å²) in [6.07, 6.45) is 3.95. The summed E-state index contributed by atoms with van der Waals surface area (Å²) in [6.45, 7) is 0.221. The van der Waals surface area contributed by atoms with E-state index in [1.54, 1.807) is 0 Å². The van der Waals surface area contributed by atoms with Crippen molar-refractivity contribution < 1.29 is 19.3 Å². The molecule has 1 heterocycles. The number of rotatable bonds is 5. The molecule has 0 radical (unpaired) electrons. The van der Waals surface area contributed by atoms with Gasteiger partial charge in [-0.1, -0.05) is 0 Å². The van der Waals surface area contributed by atoms with E-state index in [0.717, 1.165) is 25.5 Å². The summed E-state index contributed by atoms with van der Waals surface area (Å²) in [5.74, 6) is 0. The Balaban J connectivity index is 1.89. The van der Waals surface area contributed by atoms with E-state index in [0.29, 0.717) is 6.42 Å². The van der Waals surface area contributed by atoms with Crippen molar-refractivity contribution in [1.82, 2.24) is 0 Å². The van der Waals surface area contributed by atoms with Crippen molar-refractivity contribution in [1.29, 1.82) is 0 Å². The van der Waals surface area contributed by atoms with Gasteiger partial charge >= 0.3 is 0 Å². The fourth-order valence-corrected chi connectivity index (χ4v) is 0.905. The number of hydrogen-bond donors (Lipinski definition) is 0. The van der Waals surface area contributed by atoms with Crippen molar-refractivity contribution in [2.45, 2.75) is 32.0 Å². The first-order chi connectivity index (χ1) is 5.43. The second-order valence-electron chi connectivity index (χ2n) is 2.38. The van der Waals surface area contributed by atoms with E-state index in [2.05, 4.69) is 4.89 Å². The molecule has 0 aromatic heterocycles. The molecule has 4 heteroatoms. The van der Waals surface area contributed by atoms with Crippen molar-refractivity contribution in [2.75, 3.05) is 6.79 Å². The fourth-order valence-electron chi connectivity index (χ4n) is 0.905. The highest BCUT2D eigenvalue weighted by atomic mass is 17.3. The van der Waals surface area contributed by atoms with Gasteiger partial charge in [0.15, 0.2) is 13.1 Å². The average Bonchev–Trinajstić information content (AvgIpc) is 2.50. The van der Waals surface area contributed by atoms with Crippen LogP contribution in [0.25, 0.3) is 0 Å². The average molecular weight is 160 g/mol. The van der Waals surface area contributed by atoms with Crippen LogP contribution in [0.15, 0.2) is 0 Å². The number of carbonyl (C=O) groups excluding carboxylic acids is 1. The molecule has 4 nitrogen and oxygen atoms in total. The first kappa shape index (κ1) is 8.64. The summed E-state index contributed by atoms with van der Waals surface area (Å²) in [5, 5.41) is 0. The molecule has 0 saturated carbocycles. The first-order valence-electron chi connectivity index (χ1n) is 3.77. The lowest BCUT2D eigenvalue weighted by Gasteiger charge is -2.03. The van der Waals surface area contributed by atoms with Gasteiger partial charge in [0.05, 0.1) is 0 Å². The maximum absolute atomic E-state index is 9.91. The van der Waals surface area contributed by atoms with Gasteiger partial charge in [0.25, 0.3) is 0 Å². The lowest BCUT2D eigenvalue weighted by atomic mass is 10.2. The van der Waals surface area contributed by atoms with E-state index in [-0.39, 0.29) is 13.1 Å². The molecule has 1 aliphatic rings. The maximum Gasteiger partial charge on any atom is 0.194 e. The predicted octanol–water partition coefficient (Wildman–Crippen LogP) is 1.01. The van der Waals surface area contributed by atoms with Gasteiger partial charge in [0.1, 0.15) is 6.29 Å². The third kappa shape index (κ3) is 3.46. The quantitative estimate of drug-likeness (QED) is 0.342. The third-order valence-electron chi connectivity index (χ3n) is 1.49. The van der Waals surface area contributed by atoms with Crippen molar-refractivity contribution in [3.8, 4) is 0 Å². The summed E-state index contributed by atoms with van der Waals surface area (Å²) < 4.78 is 5.00. The Hall–Kier alpha value is -0.450. The van der Waals surface area contributed by atoms with Crippen molar-refractivity contribution >= 4 is 6.29 Å². The number of aldehydes is 1. The zero-order valence-corrected chi connectivity index (χ0v) is 6.32. The molecule has 1 aliphatic heterocycles. The van der Waals surface area contributed by atoms with Crippen LogP contribution in [0.4, 0.5) is 0 Å². The summed E-state index contributed by atoms with van der Waals surface area (Å²) in [4.78, 5) is 19.2. The predicted molar refractivity (Wildman–Crippen MR) is 36.4 cm³/mol. The smallest absolute Gasteiger partial charge is 0.194 e. The Morgan fingerprint density at radius 3 is 3.00 bits per heavy atom. The van der Waals surface area contributed by atoms with Crippen LogP contribution in [-0.4, -0.2) is 19.4 Å². The molecule has 0 spiro atoms. The Kier molecular flexibility index (Phi) is 4.11. The van der Waals surface area contributed by atoms with Gasteiger partial charge < -0.3 is 9.53 Å². The minimum absolute atomic E-state index is 0.221. The molecule has 0 aromatic rings. The second-order valence-corrected chi connectivity index (χ2v) is 2.38. The normalized spacial score (nSPS) is 23.8. The lowest BCUT2D eigenvalue weighted by molar-refractivity contribution is -0.278. The van der Waals surface area contributed by atoms with Gasteiger partial charge in [-0.15, -0.1) is 0 Å². The van der Waals surface area contributed by atoms with Gasteiger partial charge in [-0.05, 0) is 12.8 Å². The molecule has 1 saturated heterocycles. The Bertz CT molecular complexity index is 109. The van der Waals surface area contributed by atoms with Gasteiger partial charge in [-0.3, -0.25) is 0 Å². The van der Waals surface area contributed by atoms with E-state index < -0.39 is 0 Å². The standard InChI is InChI=1S/C7H12O4/c8-5-3-1-2-4-7-9-6-10-11-7/h5,7H,1-4,6H2. The zero-order chi connectivity index (χ0) is 7.94. The van der Waals surface area contributed by atoms with Gasteiger partial charge in [0, 0.05) is 12.8 Å². The summed E-state index contributed by atoms with van der Waals surface area (Å²) in [5.41, 5.74) is 0. The zero-order valence-electron chi connectivity index (χ0n) is 6.32. The molecular formula is C7H12O4. The molecule has 11 heavy (non-hydrogen) atoms. The SMILES string of the molecule is O=CCCCCC1OCOO1. The van der Waals surface area contributed by atoms with Crippen molar-refractivity contribution in [3.05, 3.63) is 0 Å². The minimum atomic E-state index is -0.221. The van der Waals surface area contributed by atoms with Crippen LogP contribution in [0.3, 0.4) is 0 Å². The topological polar surface area (TPSA) is 44.8 Å². The van der Waals surface area contributed by atoms with Gasteiger partial charge in [-0.2, -0.15) is 0 Å². The van der Waals surface area contributed by atoms with E-state index in [4.69, 9.17) is 9.62 Å². The van der Waals surface area contributed by atoms with Crippen LogP contribution in [0.1, 0.15) is 25.7 Å². The van der Waals surface area contributed by atoms with Crippen LogP contribution in [-0.2, 0) is 19.3 Å². The molecule has 0 N–H and O–H groups in total. The summed E-state index contributed by atoms with van der Waals surface area (Å²) >= 11 is 0. The molecule has 0 bridgehead atoms. The molecule has 1 fully saturated rings. The van der Waals surface area contributed by atoms with Crippen LogP contribution in [0.5, 0.6) is 0 Å². The third-order valence-corrected chi connectivity index (χ3v) is 1.49. The highest BCUT2D eigenvalue weighted by Crippen LogP contribution is 2.12. The second kappa shape index (κ2) is 5.23. The van der Waals surface area contributed by atoms with Crippen LogP contribution in [0.2, 0.25) is 0 Å². The van der Waals surface area contributed by atoms with Crippen molar-refractivity contribution in [2.24, 2.45) is 0 Å². The van der Waals surface area contributed by atoms with E-state index in [1.807, 2.05) is 0 Å². The van der Waals surface area contributed by atoms with Crippen LogP contribution in [0, 0.1) is 0 Å². The molecular weight excluding hydrogens is 148 g/mol. The summed E-state index contributed by atoms with van der Waals surface area (Å²) in [6, 6.07) is 0. The number of carbonyl (C=O) groups is 1. The van der Waals surface area contributed by atoms with Crippen molar-refractivity contribution in [3.63, 3.8) is 0 Å². The number of hydrogen-bond acceptors (Lipinski definition) is 4. The molecule has 1 unspecified atom stereocenters. The first-order valence-corrected chi connectivity index (χ1v) is 3.77. The van der Waals surface area contributed by atoms with Crippen LogP contribution >= 0.6 is 0 Å².